The van der Waals surface area contributed by atoms with Gasteiger partial charge >= 0.3 is 5.97 Å². The van der Waals surface area contributed by atoms with E-state index in [4.69, 9.17) is 9.47 Å². The fraction of sp³-hybridized carbons (Fsp3) is 0.480. The summed E-state index contributed by atoms with van der Waals surface area (Å²) in [6.07, 6.45) is 5.62. The number of rotatable bonds is 6. The van der Waals surface area contributed by atoms with Crippen molar-refractivity contribution in [3.8, 4) is 5.75 Å². The van der Waals surface area contributed by atoms with E-state index in [1.54, 1.807) is 25.3 Å². The van der Waals surface area contributed by atoms with Crippen LogP contribution in [0, 0.1) is 22.7 Å². The average molecular weight is 427 g/mol. The zero-order valence-electron chi connectivity index (χ0n) is 18.4. The zero-order valence-corrected chi connectivity index (χ0v) is 18.4. The summed E-state index contributed by atoms with van der Waals surface area (Å²) in [5, 5.41) is 10.9. The predicted molar refractivity (Wildman–Crippen MR) is 116 cm³/mol. The quantitative estimate of drug-likeness (QED) is 0.426. The highest BCUT2D eigenvalue weighted by molar-refractivity contribution is 5.87. The Labute approximate surface area is 182 Å². The molecule has 31 heavy (non-hydrogen) atoms. The first kappa shape index (κ1) is 22.9. The van der Waals surface area contributed by atoms with E-state index in [1.807, 2.05) is 32.9 Å². The van der Waals surface area contributed by atoms with Crippen LogP contribution >= 0.6 is 0 Å². The largest absolute Gasteiger partial charge is 0.497 e. The molecule has 0 aliphatic heterocycles. The minimum atomic E-state index is -0.896. The number of methoxy groups -OCH3 is 1. The first-order chi connectivity index (χ1) is 14.7. The lowest BCUT2D eigenvalue weighted by molar-refractivity contribution is -0.187. The lowest BCUT2D eigenvalue weighted by Crippen LogP contribution is -2.61. The number of benzene rings is 1. The lowest BCUT2D eigenvalue weighted by Gasteiger charge is -2.59. The van der Waals surface area contributed by atoms with Gasteiger partial charge in [0.1, 0.15) is 24.4 Å². The van der Waals surface area contributed by atoms with Gasteiger partial charge in [-0.25, -0.2) is 4.79 Å². The maximum Gasteiger partial charge on any atom is 0.331 e. The van der Waals surface area contributed by atoms with Crippen LogP contribution in [0.4, 0.5) is 0 Å². The van der Waals surface area contributed by atoms with E-state index in [1.165, 1.54) is 12.2 Å². The topological polar surface area (TPSA) is 89.9 Å². The molecule has 0 aromatic heterocycles. The number of aliphatic hydroxyl groups is 1. The molecule has 0 radical (unpaired) electrons. The van der Waals surface area contributed by atoms with Crippen molar-refractivity contribution in [2.45, 2.75) is 45.8 Å². The summed E-state index contributed by atoms with van der Waals surface area (Å²) in [6.45, 7) is 5.94. The Bertz CT molecular complexity index is 897. The van der Waals surface area contributed by atoms with E-state index < -0.39 is 29.5 Å². The maximum atomic E-state index is 12.6. The molecule has 0 bridgehead atoms. The molecule has 2 aliphatic carbocycles. The first-order valence-corrected chi connectivity index (χ1v) is 10.5. The van der Waals surface area contributed by atoms with E-state index in [0.29, 0.717) is 12.7 Å². The number of esters is 1. The van der Waals surface area contributed by atoms with Crippen LogP contribution < -0.4 is 4.74 Å². The van der Waals surface area contributed by atoms with Gasteiger partial charge in [-0.05, 0) is 48.1 Å². The molecule has 0 spiro atoms. The zero-order chi connectivity index (χ0) is 22.8. The van der Waals surface area contributed by atoms with Crippen molar-refractivity contribution in [1.82, 2.24) is 0 Å². The molecule has 1 fully saturated rings. The summed E-state index contributed by atoms with van der Waals surface area (Å²) < 4.78 is 11.0. The van der Waals surface area contributed by atoms with E-state index in [2.05, 4.69) is 0 Å². The minimum Gasteiger partial charge on any atom is -0.497 e. The maximum absolute atomic E-state index is 12.6. The van der Waals surface area contributed by atoms with E-state index in [9.17, 15) is 19.5 Å². The molecule has 0 unspecified atom stereocenters. The van der Waals surface area contributed by atoms with Gasteiger partial charge in [0.25, 0.3) is 0 Å². The average Bonchev–Trinajstić information content (AvgIpc) is 2.74. The van der Waals surface area contributed by atoms with E-state index in [-0.39, 0.29) is 16.9 Å². The summed E-state index contributed by atoms with van der Waals surface area (Å²) in [4.78, 5) is 36.3. The van der Waals surface area contributed by atoms with Crippen molar-refractivity contribution in [1.29, 1.82) is 0 Å². The summed E-state index contributed by atoms with van der Waals surface area (Å²) in [6, 6.07) is 7.24. The minimum absolute atomic E-state index is 0.244. The third-order valence-electron chi connectivity index (χ3n) is 7.05. The Hall–Kier alpha value is -2.73. The molecule has 1 aromatic rings. The van der Waals surface area contributed by atoms with Crippen LogP contribution in [0.1, 0.15) is 39.2 Å². The molecular formula is C25H30O6. The highest BCUT2D eigenvalue weighted by Gasteiger charge is 2.61. The number of carbonyl (C=O) groups is 3. The summed E-state index contributed by atoms with van der Waals surface area (Å²) in [5.41, 5.74) is -0.120. The molecule has 6 nitrogen and oxygen atoms in total. The van der Waals surface area contributed by atoms with Gasteiger partial charge in [-0.15, -0.1) is 0 Å². The number of aldehydes is 2. The van der Waals surface area contributed by atoms with Crippen molar-refractivity contribution in [2.75, 3.05) is 7.11 Å². The van der Waals surface area contributed by atoms with Crippen LogP contribution in [0.2, 0.25) is 0 Å². The predicted octanol–water partition coefficient (Wildman–Crippen LogP) is 3.38. The highest BCUT2D eigenvalue weighted by atomic mass is 16.5. The normalized spacial score (nSPS) is 32.0. The molecule has 1 N–H and O–H groups in total. The van der Waals surface area contributed by atoms with Crippen LogP contribution in [0.3, 0.4) is 0 Å². The van der Waals surface area contributed by atoms with Gasteiger partial charge in [-0.3, -0.25) is 4.79 Å². The third kappa shape index (κ3) is 4.22. The first-order valence-electron chi connectivity index (χ1n) is 10.5. The lowest BCUT2D eigenvalue weighted by atomic mass is 9.47. The highest BCUT2D eigenvalue weighted by Crippen LogP contribution is 2.59. The van der Waals surface area contributed by atoms with Crippen LogP contribution in [0.5, 0.6) is 5.75 Å². The second-order valence-corrected chi connectivity index (χ2v) is 9.29. The molecule has 0 saturated heterocycles. The van der Waals surface area contributed by atoms with Crippen molar-refractivity contribution in [3.63, 3.8) is 0 Å². The molecule has 6 heteroatoms. The standard InChI is InChI=1S/C25H30O6/c1-24(2)12-11-21(25(3)19(15-27)17(14-26)13-20(28)23(24)25)31-22(29)10-7-16-5-8-18(30-4)9-6-16/h5-10,13-15,19-21,23,28H,11-12H2,1-4H3/b10-7+/t19-,20+,21-,23+,25+/m1/s1. The van der Waals surface area contributed by atoms with Crippen LogP contribution in [0.25, 0.3) is 6.08 Å². The van der Waals surface area contributed by atoms with Crippen molar-refractivity contribution in [3.05, 3.63) is 47.6 Å². The van der Waals surface area contributed by atoms with Gasteiger partial charge in [0.15, 0.2) is 0 Å². The number of hydrogen-bond acceptors (Lipinski definition) is 6. The number of carbonyl (C=O) groups excluding carboxylic acids is 3. The second kappa shape index (κ2) is 8.79. The Morgan fingerprint density at radius 2 is 1.84 bits per heavy atom. The van der Waals surface area contributed by atoms with Gasteiger partial charge in [-0.2, -0.15) is 0 Å². The molecule has 166 valence electrons. The van der Waals surface area contributed by atoms with Crippen LogP contribution in [0.15, 0.2) is 42.0 Å². The third-order valence-corrected chi connectivity index (χ3v) is 7.05. The van der Waals surface area contributed by atoms with E-state index in [0.717, 1.165) is 24.0 Å². The summed E-state index contributed by atoms with van der Waals surface area (Å²) in [7, 11) is 1.58. The van der Waals surface area contributed by atoms with Crippen molar-refractivity contribution in [2.24, 2.45) is 22.7 Å². The molecule has 1 aromatic carbocycles. The van der Waals surface area contributed by atoms with Gasteiger partial charge in [0.05, 0.1) is 19.1 Å². The molecule has 5 atom stereocenters. The number of fused-ring (bicyclic) bond motifs is 1. The van der Waals surface area contributed by atoms with Crippen molar-refractivity contribution >= 4 is 24.6 Å². The van der Waals surface area contributed by atoms with Crippen LogP contribution in [-0.2, 0) is 19.1 Å². The van der Waals surface area contributed by atoms with Crippen LogP contribution in [-0.4, -0.2) is 43.0 Å². The van der Waals surface area contributed by atoms with Gasteiger partial charge in [0, 0.05) is 23.0 Å². The fourth-order valence-corrected chi connectivity index (χ4v) is 5.57. The number of allylic oxidation sites excluding steroid dienone is 1. The Kier molecular flexibility index (Phi) is 6.51. The smallest absolute Gasteiger partial charge is 0.331 e. The Morgan fingerprint density at radius 1 is 1.16 bits per heavy atom. The molecule has 2 aliphatic rings. The molecule has 1 saturated carbocycles. The molecule has 3 rings (SSSR count). The van der Waals surface area contributed by atoms with E-state index >= 15 is 0 Å². The number of ether oxygens (including phenoxy) is 2. The molecule has 0 amide bonds. The molecular weight excluding hydrogens is 396 g/mol. The summed E-state index contributed by atoms with van der Waals surface area (Å²) in [5.74, 6) is -0.891. The van der Waals surface area contributed by atoms with Crippen molar-refractivity contribution < 1.29 is 29.0 Å². The van der Waals surface area contributed by atoms with Gasteiger partial charge in [-0.1, -0.05) is 32.9 Å². The van der Waals surface area contributed by atoms with Gasteiger partial charge < -0.3 is 19.4 Å². The number of aliphatic hydroxyl groups excluding tert-OH is 1. The summed E-state index contributed by atoms with van der Waals surface area (Å²) >= 11 is 0. The second-order valence-electron chi connectivity index (χ2n) is 9.29. The Balaban J connectivity index is 1.87. The monoisotopic (exact) mass is 426 g/mol. The van der Waals surface area contributed by atoms with Gasteiger partial charge in [0.2, 0.25) is 0 Å². The Morgan fingerprint density at radius 3 is 2.42 bits per heavy atom. The fourth-order valence-electron chi connectivity index (χ4n) is 5.57. The SMILES string of the molecule is COc1ccc(/C=C/C(=O)O[C@@H]2CCC(C)(C)[C@@H]3[C@@H](O)C=C(C=O)[C@@H](C=O)[C@@]23C)cc1. The number of hydrogen-bond donors (Lipinski definition) is 1. The molecule has 0 heterocycles.